The number of carboxylic acids is 1. The summed E-state index contributed by atoms with van der Waals surface area (Å²) < 4.78 is 5.13. The zero-order valence-electron chi connectivity index (χ0n) is 8.43. The van der Waals surface area contributed by atoms with Crippen LogP contribution in [0.4, 0.5) is 0 Å². The van der Waals surface area contributed by atoms with Crippen LogP contribution in [0.3, 0.4) is 0 Å². The number of para-hydroxylation sites is 1. The Labute approximate surface area is 88.0 Å². The van der Waals surface area contributed by atoms with E-state index < -0.39 is 11.9 Å². The molecule has 0 bridgehead atoms. The average Bonchev–Trinajstić information content (AvgIpc) is 2.19. The Morgan fingerprint density at radius 1 is 1.47 bits per heavy atom. The zero-order valence-corrected chi connectivity index (χ0v) is 8.43. The van der Waals surface area contributed by atoms with Gasteiger partial charge >= 0.3 is 5.97 Å². The Bertz CT molecular complexity index is 348. The molecule has 1 aromatic carbocycles. The lowest BCUT2D eigenvalue weighted by Crippen LogP contribution is -2.26. The number of benzene rings is 1. The highest BCUT2D eigenvalue weighted by Gasteiger charge is 2.22. The SMILES string of the molecule is CCC(C(=N)Oc1ccccc1)C(=O)O. The molecule has 0 aliphatic heterocycles. The Balaban J connectivity index is 2.66. The maximum absolute atomic E-state index is 10.7. The summed E-state index contributed by atoms with van der Waals surface area (Å²) in [6.07, 6.45) is 0.348. The van der Waals surface area contributed by atoms with Crippen LogP contribution in [0.15, 0.2) is 30.3 Å². The van der Waals surface area contributed by atoms with Crippen molar-refractivity contribution in [2.24, 2.45) is 5.92 Å². The van der Waals surface area contributed by atoms with Crippen molar-refractivity contribution in [2.45, 2.75) is 13.3 Å². The van der Waals surface area contributed by atoms with Crippen LogP contribution >= 0.6 is 0 Å². The molecule has 0 amide bonds. The van der Waals surface area contributed by atoms with E-state index in [9.17, 15) is 4.79 Å². The molecule has 0 aromatic heterocycles. The van der Waals surface area contributed by atoms with Crippen LogP contribution in [0, 0.1) is 11.3 Å². The van der Waals surface area contributed by atoms with E-state index in [-0.39, 0.29) is 5.90 Å². The minimum atomic E-state index is -1.03. The lowest BCUT2D eigenvalue weighted by molar-refractivity contribution is -0.139. The second-order valence-corrected chi connectivity index (χ2v) is 3.08. The molecule has 0 aliphatic rings. The second kappa shape index (κ2) is 5.14. The average molecular weight is 207 g/mol. The number of rotatable bonds is 4. The summed E-state index contributed by atoms with van der Waals surface area (Å²) in [5, 5.41) is 16.3. The third-order valence-electron chi connectivity index (χ3n) is 1.99. The Morgan fingerprint density at radius 3 is 2.53 bits per heavy atom. The van der Waals surface area contributed by atoms with E-state index in [1.54, 1.807) is 31.2 Å². The van der Waals surface area contributed by atoms with Crippen LogP contribution in [0.2, 0.25) is 0 Å². The number of hydrogen-bond donors (Lipinski definition) is 2. The maximum Gasteiger partial charge on any atom is 0.315 e. The molecule has 0 saturated heterocycles. The van der Waals surface area contributed by atoms with Crippen LogP contribution in [-0.2, 0) is 4.79 Å². The van der Waals surface area contributed by atoms with Gasteiger partial charge in [0.15, 0.2) is 0 Å². The number of aliphatic carboxylic acids is 1. The highest BCUT2D eigenvalue weighted by molar-refractivity contribution is 5.96. The largest absolute Gasteiger partial charge is 0.481 e. The van der Waals surface area contributed by atoms with Crippen molar-refractivity contribution in [3.8, 4) is 5.75 Å². The van der Waals surface area contributed by atoms with E-state index in [1.807, 2.05) is 6.07 Å². The van der Waals surface area contributed by atoms with E-state index >= 15 is 0 Å². The molecule has 1 aromatic rings. The van der Waals surface area contributed by atoms with Crippen LogP contribution in [0.25, 0.3) is 0 Å². The topological polar surface area (TPSA) is 70.4 Å². The van der Waals surface area contributed by atoms with Gasteiger partial charge in [-0.05, 0) is 18.6 Å². The van der Waals surface area contributed by atoms with Crippen molar-refractivity contribution >= 4 is 11.9 Å². The van der Waals surface area contributed by atoms with Gasteiger partial charge in [-0.25, -0.2) is 0 Å². The first-order valence-electron chi connectivity index (χ1n) is 4.69. The van der Waals surface area contributed by atoms with Crippen LogP contribution in [0.1, 0.15) is 13.3 Å². The molecule has 1 rings (SSSR count). The summed E-state index contributed by atoms with van der Waals surface area (Å²) in [5.74, 6) is -1.64. The molecule has 0 heterocycles. The zero-order chi connectivity index (χ0) is 11.3. The summed E-state index contributed by atoms with van der Waals surface area (Å²) in [6, 6.07) is 8.73. The molecule has 0 aliphatic carbocycles. The molecule has 1 atom stereocenters. The summed E-state index contributed by atoms with van der Waals surface area (Å²) in [7, 11) is 0. The smallest absolute Gasteiger partial charge is 0.315 e. The van der Waals surface area contributed by atoms with Crippen molar-refractivity contribution in [2.75, 3.05) is 0 Å². The van der Waals surface area contributed by atoms with Gasteiger partial charge in [0.2, 0.25) is 5.90 Å². The lowest BCUT2D eigenvalue weighted by Gasteiger charge is -2.12. The van der Waals surface area contributed by atoms with Gasteiger partial charge < -0.3 is 9.84 Å². The van der Waals surface area contributed by atoms with E-state index in [1.165, 1.54) is 0 Å². The molecule has 1 unspecified atom stereocenters. The van der Waals surface area contributed by atoms with Crippen molar-refractivity contribution in [3.05, 3.63) is 30.3 Å². The summed E-state index contributed by atoms with van der Waals surface area (Å²) >= 11 is 0. The monoisotopic (exact) mass is 207 g/mol. The van der Waals surface area contributed by atoms with Gasteiger partial charge in [-0.1, -0.05) is 25.1 Å². The predicted molar refractivity (Wildman–Crippen MR) is 56.2 cm³/mol. The van der Waals surface area contributed by atoms with E-state index in [2.05, 4.69) is 0 Å². The molecule has 4 heteroatoms. The Morgan fingerprint density at radius 2 is 2.07 bits per heavy atom. The molecule has 4 nitrogen and oxygen atoms in total. The van der Waals surface area contributed by atoms with Gasteiger partial charge in [-0.15, -0.1) is 0 Å². The summed E-state index contributed by atoms with van der Waals surface area (Å²) in [6.45, 7) is 1.71. The fourth-order valence-electron chi connectivity index (χ4n) is 1.16. The van der Waals surface area contributed by atoms with E-state index in [0.29, 0.717) is 12.2 Å². The van der Waals surface area contributed by atoms with Gasteiger partial charge in [-0.3, -0.25) is 10.2 Å². The van der Waals surface area contributed by atoms with E-state index in [0.717, 1.165) is 0 Å². The van der Waals surface area contributed by atoms with Gasteiger partial charge in [0, 0.05) is 0 Å². The minimum absolute atomic E-state index is 0.226. The summed E-state index contributed by atoms with van der Waals surface area (Å²) in [5.41, 5.74) is 0. The molecular weight excluding hydrogens is 194 g/mol. The fourth-order valence-corrected chi connectivity index (χ4v) is 1.16. The van der Waals surface area contributed by atoms with Gasteiger partial charge in [-0.2, -0.15) is 0 Å². The normalized spacial score (nSPS) is 11.8. The van der Waals surface area contributed by atoms with Gasteiger partial charge in [0.25, 0.3) is 0 Å². The molecule has 0 saturated carbocycles. The van der Waals surface area contributed by atoms with Crippen molar-refractivity contribution in [3.63, 3.8) is 0 Å². The highest BCUT2D eigenvalue weighted by Crippen LogP contribution is 2.13. The first-order chi connectivity index (χ1) is 7.15. The minimum Gasteiger partial charge on any atom is -0.481 e. The molecule has 0 radical (unpaired) electrons. The van der Waals surface area contributed by atoms with Crippen molar-refractivity contribution < 1.29 is 14.6 Å². The number of carboxylic acid groups (broad SMARTS) is 1. The molecule has 15 heavy (non-hydrogen) atoms. The highest BCUT2D eigenvalue weighted by atomic mass is 16.5. The molecular formula is C11H13NO3. The van der Waals surface area contributed by atoms with Gasteiger partial charge in [0.1, 0.15) is 11.7 Å². The van der Waals surface area contributed by atoms with Crippen LogP contribution in [0.5, 0.6) is 5.75 Å². The molecule has 0 spiro atoms. The second-order valence-electron chi connectivity index (χ2n) is 3.08. The molecule has 0 fully saturated rings. The Kier molecular flexibility index (Phi) is 3.85. The Hall–Kier alpha value is -1.84. The quantitative estimate of drug-likeness (QED) is 0.587. The third kappa shape index (κ3) is 3.09. The van der Waals surface area contributed by atoms with Crippen molar-refractivity contribution in [1.29, 1.82) is 5.41 Å². The standard InChI is InChI=1S/C11H13NO3/c1-2-9(11(13)14)10(12)15-8-6-4-3-5-7-8/h3-7,9,12H,2H2,1H3,(H,13,14). The molecule has 80 valence electrons. The number of ether oxygens (including phenoxy) is 1. The molecule has 2 N–H and O–H groups in total. The predicted octanol–water partition coefficient (Wildman–Crippen LogP) is 2.15. The number of hydrogen-bond acceptors (Lipinski definition) is 3. The van der Waals surface area contributed by atoms with E-state index in [4.69, 9.17) is 15.3 Å². The number of nitrogens with one attached hydrogen (secondary N) is 1. The van der Waals surface area contributed by atoms with Crippen LogP contribution < -0.4 is 4.74 Å². The maximum atomic E-state index is 10.7. The van der Waals surface area contributed by atoms with Crippen LogP contribution in [-0.4, -0.2) is 17.0 Å². The summed E-state index contributed by atoms with van der Waals surface area (Å²) in [4.78, 5) is 10.7. The third-order valence-corrected chi connectivity index (χ3v) is 1.99. The van der Waals surface area contributed by atoms with Gasteiger partial charge in [0.05, 0.1) is 0 Å². The lowest BCUT2D eigenvalue weighted by atomic mass is 10.1. The first kappa shape index (κ1) is 11.2. The fraction of sp³-hybridized carbons (Fsp3) is 0.273. The first-order valence-corrected chi connectivity index (χ1v) is 4.69. The number of carbonyl (C=O) groups is 1. The van der Waals surface area contributed by atoms with Crippen molar-refractivity contribution in [1.82, 2.24) is 0 Å².